The lowest BCUT2D eigenvalue weighted by atomic mass is 9.33. The van der Waals surface area contributed by atoms with Gasteiger partial charge in [-0.3, -0.25) is 4.79 Å². The Balaban J connectivity index is 1.02. The van der Waals surface area contributed by atoms with Crippen molar-refractivity contribution < 1.29 is 119 Å². The number of hydrogen-bond donors (Lipinski definition) is 15. The van der Waals surface area contributed by atoms with Gasteiger partial charge in [0.15, 0.2) is 25.0 Å². The molecule has 0 bridgehead atoms. The summed E-state index contributed by atoms with van der Waals surface area (Å²) in [7, 11) is 0. The molecule has 9 aliphatic rings. The number of rotatable bonds is 11. The molecule has 24 heteroatoms. The fourth-order valence-corrected chi connectivity index (χ4v) is 16.5. The predicted octanol–water partition coefficient (Wildman–Crippen LogP) is -3.07. The molecular formula is C54H88O24. The highest BCUT2D eigenvalue weighted by molar-refractivity contribution is 5.80. The Morgan fingerprint density at radius 3 is 1.77 bits per heavy atom. The Kier molecular flexibility index (Phi) is 17.0. The first-order valence-corrected chi connectivity index (χ1v) is 27.9. The molecule has 0 unspecified atom stereocenters. The Morgan fingerprint density at radius 1 is 0.603 bits per heavy atom. The molecule has 15 N–H and O–H groups in total. The molecule has 31 atom stereocenters. The van der Waals surface area contributed by atoms with E-state index in [1.807, 2.05) is 6.92 Å². The second-order valence-electron chi connectivity index (χ2n) is 26.4. The number of hydrogen-bond acceptors (Lipinski definition) is 24. The van der Waals surface area contributed by atoms with Gasteiger partial charge in [0.25, 0.3) is 0 Å². The average molecular weight is 1120 g/mol. The first-order chi connectivity index (χ1) is 36.4. The molecule has 4 aliphatic heterocycles. The minimum absolute atomic E-state index is 0.0933. The Bertz CT molecular complexity index is 2170. The largest absolute Gasteiger partial charge is 0.432 e. The van der Waals surface area contributed by atoms with E-state index in [-0.39, 0.29) is 36.5 Å². The fraction of sp³-hybridized carbons (Fsp3) is 0.944. The van der Waals surface area contributed by atoms with Crippen molar-refractivity contribution in [1.29, 1.82) is 0 Å². The molecule has 9 rings (SSSR count). The van der Waals surface area contributed by atoms with Crippen LogP contribution in [-0.4, -0.2) is 244 Å². The fourth-order valence-electron chi connectivity index (χ4n) is 16.5. The number of fused-ring (bicyclic) bond motifs is 7. The normalized spacial score (nSPS) is 56.1. The predicted molar refractivity (Wildman–Crippen MR) is 264 cm³/mol. The molecule has 0 radical (unpaired) electrons. The molecule has 0 aromatic heterocycles. The third kappa shape index (κ3) is 9.57. The second-order valence-corrected chi connectivity index (χ2v) is 26.4. The molecule has 78 heavy (non-hydrogen) atoms. The van der Waals surface area contributed by atoms with Crippen molar-refractivity contribution in [2.75, 3.05) is 19.8 Å². The van der Waals surface area contributed by atoms with Gasteiger partial charge in [0.2, 0.25) is 6.29 Å². The summed E-state index contributed by atoms with van der Waals surface area (Å²) >= 11 is 0. The number of allylic oxidation sites excluding steroid dienone is 2. The van der Waals surface area contributed by atoms with Gasteiger partial charge >= 0.3 is 5.97 Å². The standard InChI is InChI=1S/C54H88O24/c1-21-31(59)35(63)40(68)45(72-21)76-42-38(66)34(62)27(19-71-44-39(67)37(65)33(61)26(18-55)74-44)75-47(42)78-48(70)54-14-13-49(3,4)15-24(54)23-9-10-29-50(5)16-25(57)43(77-46-41(69)36(64)32(60)22(2)73-46)51(6,20-56)28(50)11-12-52(29,7)53(23,8)17-30(54)58/h9,21-22,24-47,55-69H,10-20H2,1-8H3/t21-,22+,24+,25+,26-,27-,28+,29-,30-,31+,32-,33+,34-,35-,36+,37+,38-,39-,40-,41+,42+,43-,44-,45-,46+,47+,50+,51-,52-,53-,54-/m0/s1. The summed E-state index contributed by atoms with van der Waals surface area (Å²) in [5.41, 5.74) is -4.08. The van der Waals surface area contributed by atoms with Gasteiger partial charge in [0, 0.05) is 5.41 Å². The van der Waals surface area contributed by atoms with Crippen LogP contribution in [0.2, 0.25) is 0 Å². The molecular weight excluding hydrogens is 1030 g/mol. The highest BCUT2D eigenvalue weighted by Gasteiger charge is 2.73. The average Bonchev–Trinajstić information content (AvgIpc) is 3.33. The van der Waals surface area contributed by atoms with Gasteiger partial charge < -0.3 is 114 Å². The van der Waals surface area contributed by atoms with Crippen molar-refractivity contribution in [3.05, 3.63) is 11.6 Å². The summed E-state index contributed by atoms with van der Waals surface area (Å²) in [4.78, 5) is 15.6. The maximum atomic E-state index is 15.6. The van der Waals surface area contributed by atoms with E-state index < -0.39 is 200 Å². The van der Waals surface area contributed by atoms with Crippen molar-refractivity contribution in [3.63, 3.8) is 0 Å². The van der Waals surface area contributed by atoms with E-state index >= 15 is 4.79 Å². The summed E-state index contributed by atoms with van der Waals surface area (Å²) in [6.45, 7) is 13.6. The molecule has 0 aromatic rings. The molecule has 5 aliphatic carbocycles. The lowest BCUT2D eigenvalue weighted by molar-refractivity contribution is -0.366. The molecule has 0 amide bonds. The minimum Gasteiger partial charge on any atom is -0.432 e. The van der Waals surface area contributed by atoms with Gasteiger partial charge in [-0.25, -0.2) is 0 Å². The van der Waals surface area contributed by atoms with E-state index in [4.69, 9.17) is 37.9 Å². The van der Waals surface area contributed by atoms with Crippen LogP contribution in [0, 0.1) is 50.2 Å². The van der Waals surface area contributed by atoms with Crippen molar-refractivity contribution >= 4 is 5.97 Å². The van der Waals surface area contributed by atoms with E-state index in [2.05, 4.69) is 40.7 Å². The van der Waals surface area contributed by atoms with Gasteiger partial charge in [-0.05, 0) is 105 Å². The molecule has 448 valence electrons. The van der Waals surface area contributed by atoms with Crippen LogP contribution in [0.25, 0.3) is 0 Å². The number of aliphatic hydroxyl groups excluding tert-OH is 15. The lowest BCUT2D eigenvalue weighted by Crippen LogP contribution is -2.70. The van der Waals surface area contributed by atoms with Crippen LogP contribution in [0.15, 0.2) is 11.6 Å². The number of carbonyl (C=O) groups is 1. The third-order valence-corrected chi connectivity index (χ3v) is 21.4. The van der Waals surface area contributed by atoms with Crippen molar-refractivity contribution in [2.24, 2.45) is 50.2 Å². The molecule has 4 heterocycles. The number of aliphatic hydroxyl groups is 15. The van der Waals surface area contributed by atoms with Crippen molar-refractivity contribution in [3.8, 4) is 0 Å². The minimum atomic E-state index is -2.02. The zero-order valence-electron chi connectivity index (χ0n) is 45.7. The third-order valence-electron chi connectivity index (χ3n) is 21.4. The molecule has 0 spiro atoms. The van der Waals surface area contributed by atoms with E-state index in [9.17, 15) is 76.6 Å². The van der Waals surface area contributed by atoms with Gasteiger partial charge in [-0.2, -0.15) is 0 Å². The number of esters is 1. The zero-order valence-corrected chi connectivity index (χ0v) is 45.7. The smallest absolute Gasteiger partial charge is 0.317 e. The van der Waals surface area contributed by atoms with E-state index in [1.165, 1.54) is 13.8 Å². The van der Waals surface area contributed by atoms with Gasteiger partial charge in [-0.1, -0.05) is 53.2 Å². The van der Waals surface area contributed by atoms with Crippen LogP contribution in [0.4, 0.5) is 0 Å². The molecule has 8 fully saturated rings. The van der Waals surface area contributed by atoms with Gasteiger partial charge in [0.1, 0.15) is 84.8 Å². The molecule has 24 nitrogen and oxygen atoms in total. The van der Waals surface area contributed by atoms with E-state index in [0.717, 1.165) is 5.57 Å². The maximum Gasteiger partial charge on any atom is 0.317 e. The molecule has 0 aromatic carbocycles. The van der Waals surface area contributed by atoms with Crippen LogP contribution in [0.5, 0.6) is 0 Å². The summed E-state index contributed by atoms with van der Waals surface area (Å²) in [5.74, 6) is -1.94. The highest BCUT2D eigenvalue weighted by atomic mass is 16.8. The summed E-state index contributed by atoms with van der Waals surface area (Å²) in [6.07, 6.45) is -31.1. The first-order valence-electron chi connectivity index (χ1n) is 27.9. The van der Waals surface area contributed by atoms with E-state index in [0.29, 0.717) is 32.1 Å². The van der Waals surface area contributed by atoms with Crippen LogP contribution in [-0.2, 0) is 42.7 Å². The van der Waals surface area contributed by atoms with E-state index in [1.54, 1.807) is 0 Å². The van der Waals surface area contributed by atoms with Crippen molar-refractivity contribution in [2.45, 2.75) is 248 Å². The number of ether oxygens (including phenoxy) is 8. The van der Waals surface area contributed by atoms with Crippen molar-refractivity contribution in [1.82, 2.24) is 0 Å². The lowest BCUT2D eigenvalue weighted by Gasteiger charge is -2.72. The van der Waals surface area contributed by atoms with Crippen LogP contribution >= 0.6 is 0 Å². The Hall–Kier alpha value is -1.67. The molecule has 4 saturated carbocycles. The van der Waals surface area contributed by atoms with Crippen LogP contribution in [0.3, 0.4) is 0 Å². The number of carbonyl (C=O) groups excluding carboxylic acids is 1. The Morgan fingerprint density at radius 2 is 1.17 bits per heavy atom. The van der Waals surface area contributed by atoms with Crippen LogP contribution < -0.4 is 0 Å². The second kappa shape index (κ2) is 21.8. The van der Waals surface area contributed by atoms with Gasteiger partial charge in [0.05, 0.1) is 50.3 Å². The summed E-state index contributed by atoms with van der Waals surface area (Å²) < 4.78 is 47.6. The van der Waals surface area contributed by atoms with Crippen LogP contribution in [0.1, 0.15) is 107 Å². The summed E-state index contributed by atoms with van der Waals surface area (Å²) in [6, 6.07) is 0. The van der Waals surface area contributed by atoms with Gasteiger partial charge in [-0.15, -0.1) is 0 Å². The Labute approximate surface area is 453 Å². The highest BCUT2D eigenvalue weighted by Crippen LogP contribution is 2.76. The first kappa shape index (κ1) is 60.9. The summed E-state index contributed by atoms with van der Waals surface area (Å²) in [5, 5.41) is 165. The SMILES string of the molecule is C[C@@H]1O[C@@H](O[C@H]2[C@@H](OC(=O)[C@@]34CCC(C)(C)C[C@@H]3C3=CC[C@H]5[C@]6(C)C[C@@H](O)[C@H](O[C@H]7O[C@H](C)[C@H](O)[C@@H](O)[C@H]7O)[C@@](C)(CO)[C@@H]6CC[C@]5(C)[C@@]3(C)C[C@@H]4O)O[C@@H](CO[C@H]3O[C@@H](CO)[C@@H](O)[C@@H](O)[C@@H]3O)[C@H](O)[C@@H]2O)[C@@H](O)[C@@H](O)[C@@H]1O. The molecule has 4 saturated heterocycles. The quantitative estimate of drug-likeness (QED) is 0.0555. The zero-order chi connectivity index (χ0) is 57.3. The monoisotopic (exact) mass is 1120 g/mol. The maximum absolute atomic E-state index is 15.6. The topological polar surface area (TPSA) is 394 Å².